The minimum Gasteiger partial charge on any atom is -0.474 e. The van der Waals surface area contributed by atoms with Crippen LogP contribution in [-0.2, 0) is 34.9 Å². The maximum Gasteiger partial charge on any atom is 0.225 e. The Morgan fingerprint density at radius 3 is 1.42 bits per heavy atom. The van der Waals surface area contributed by atoms with Gasteiger partial charge in [0.15, 0.2) is 0 Å². The third-order valence-corrected chi connectivity index (χ3v) is 15.1. The Hall–Kier alpha value is -7.32. The van der Waals surface area contributed by atoms with Gasteiger partial charge >= 0.3 is 0 Å². The zero-order chi connectivity index (χ0) is 52.1. The minimum atomic E-state index is 0.117. The smallest absolute Gasteiger partial charge is 0.225 e. The van der Waals surface area contributed by atoms with Gasteiger partial charge in [-0.3, -0.25) is 14.4 Å². The van der Waals surface area contributed by atoms with Crippen molar-refractivity contribution >= 4 is 50.8 Å². The average Bonchev–Trinajstić information content (AvgIpc) is 4.16. The first-order valence-corrected chi connectivity index (χ1v) is 27.2. The fourth-order valence-electron chi connectivity index (χ4n) is 10.3. The van der Waals surface area contributed by atoms with Crippen LogP contribution in [0, 0.1) is 0 Å². The number of rotatable bonds is 11. The molecule has 5 saturated heterocycles. The van der Waals surface area contributed by atoms with Crippen molar-refractivity contribution in [3.05, 3.63) is 114 Å². The summed E-state index contributed by atoms with van der Waals surface area (Å²) in [7, 11) is 3.87. The van der Waals surface area contributed by atoms with E-state index in [4.69, 9.17) is 50.1 Å². The first-order valence-electron chi connectivity index (χ1n) is 26.8. The van der Waals surface area contributed by atoms with Gasteiger partial charge in [0.05, 0.1) is 79.3 Å². The zero-order valence-electron chi connectivity index (χ0n) is 43.5. The van der Waals surface area contributed by atoms with Crippen molar-refractivity contribution in [1.29, 1.82) is 0 Å². The predicted molar refractivity (Wildman–Crippen MR) is 293 cm³/mol. The number of aromatic nitrogens is 10. The number of anilines is 2. The van der Waals surface area contributed by atoms with Gasteiger partial charge in [-0.05, 0) is 73.0 Å². The van der Waals surface area contributed by atoms with Crippen molar-refractivity contribution in [2.45, 2.75) is 76.2 Å². The highest BCUT2D eigenvalue weighted by atomic mass is 35.5. The Morgan fingerprint density at radius 1 is 0.494 bits per heavy atom. The number of ether oxygens (including phenoxy) is 6. The Labute approximate surface area is 451 Å². The molecule has 77 heavy (non-hydrogen) atoms. The average molecular weight is 1060 g/mol. The summed E-state index contributed by atoms with van der Waals surface area (Å²) in [5, 5.41) is 11.7. The molecular formula is C57H62ClN13O6. The normalized spacial score (nSPS) is 17.8. The topological polar surface area (TPSA) is 187 Å². The largest absolute Gasteiger partial charge is 0.474 e. The van der Waals surface area contributed by atoms with E-state index in [1.165, 1.54) is 18.4 Å². The summed E-state index contributed by atoms with van der Waals surface area (Å²) < 4.78 is 38.7. The molecule has 0 aliphatic carbocycles. The van der Waals surface area contributed by atoms with Gasteiger partial charge in [-0.25, -0.2) is 29.9 Å². The summed E-state index contributed by atoms with van der Waals surface area (Å²) in [6.07, 6.45) is 19.0. The molecule has 0 aromatic carbocycles. The van der Waals surface area contributed by atoms with Gasteiger partial charge in [0.25, 0.3) is 0 Å². The highest BCUT2D eigenvalue weighted by molar-refractivity contribution is 6.29. The minimum absolute atomic E-state index is 0.117. The van der Waals surface area contributed by atoms with E-state index in [0.29, 0.717) is 29.3 Å². The van der Waals surface area contributed by atoms with Gasteiger partial charge < -0.3 is 38.2 Å². The summed E-state index contributed by atoms with van der Waals surface area (Å²) in [5.74, 6) is 4.00. The van der Waals surface area contributed by atoms with Crippen LogP contribution in [0.15, 0.2) is 96.8 Å². The van der Waals surface area contributed by atoms with E-state index in [9.17, 15) is 0 Å². The van der Waals surface area contributed by atoms with Crippen molar-refractivity contribution in [2.24, 2.45) is 19.1 Å². The maximum absolute atomic E-state index is 6.28. The van der Waals surface area contributed by atoms with Crippen molar-refractivity contribution in [3.8, 4) is 40.2 Å². The van der Waals surface area contributed by atoms with E-state index in [-0.39, 0.29) is 18.3 Å². The van der Waals surface area contributed by atoms with Crippen LogP contribution in [0.4, 0.5) is 11.6 Å². The number of pyridine rings is 6. The molecule has 0 N–H and O–H groups in total. The first-order chi connectivity index (χ1) is 37.9. The molecule has 8 aromatic rings. The van der Waals surface area contributed by atoms with E-state index < -0.39 is 0 Å². The van der Waals surface area contributed by atoms with E-state index in [0.717, 1.165) is 177 Å². The third-order valence-electron chi connectivity index (χ3n) is 14.8. The van der Waals surface area contributed by atoms with Crippen LogP contribution in [0.3, 0.4) is 0 Å². The van der Waals surface area contributed by atoms with Crippen molar-refractivity contribution < 1.29 is 28.4 Å². The summed E-state index contributed by atoms with van der Waals surface area (Å²) >= 11 is 6.04. The molecule has 0 radical (unpaired) electrons. The van der Waals surface area contributed by atoms with E-state index in [1.54, 1.807) is 24.7 Å². The summed E-state index contributed by atoms with van der Waals surface area (Å²) in [6, 6.07) is 17.9. The number of aliphatic imine (C=N–C) groups is 1. The van der Waals surface area contributed by atoms with Crippen LogP contribution in [0.1, 0.15) is 68.1 Å². The fourth-order valence-corrected chi connectivity index (χ4v) is 10.5. The van der Waals surface area contributed by atoms with Crippen molar-refractivity contribution in [1.82, 2.24) is 49.5 Å². The number of aryl methyl sites for hydroxylation is 2. The Bertz CT molecular complexity index is 3380. The molecule has 14 heterocycles. The van der Waals surface area contributed by atoms with E-state index in [1.807, 2.05) is 78.4 Å². The zero-order valence-corrected chi connectivity index (χ0v) is 44.2. The molecule has 0 unspecified atom stereocenters. The lowest BCUT2D eigenvalue weighted by molar-refractivity contribution is 0.0235. The second-order valence-electron chi connectivity index (χ2n) is 19.9. The monoisotopic (exact) mass is 1060 g/mol. The van der Waals surface area contributed by atoms with Gasteiger partial charge in [0.1, 0.15) is 46.5 Å². The summed E-state index contributed by atoms with van der Waals surface area (Å²) in [4.78, 5) is 36.0. The van der Waals surface area contributed by atoms with Crippen LogP contribution >= 0.6 is 11.6 Å². The molecule has 0 saturated carbocycles. The fraction of sp³-hybridized carbons (Fsp3) is 0.421. The SMILES string of the molecule is Cn1nc(-c2ccnc(Cl)c2)c2c(OC3CCOCC3)nccc21.Cn1nc(-c2ccnc(N3CCC3)c2)c2c(OC3CCOCC3)nccc21.c1cc(C2=NCc3ccnc(OC4CCOCC4)c32)cc(N2CCC2)n1. The maximum atomic E-state index is 6.28. The molecule has 14 rings (SSSR count). The molecule has 5 fully saturated rings. The van der Waals surface area contributed by atoms with Crippen molar-refractivity contribution in [2.75, 3.05) is 75.6 Å². The molecule has 8 aromatic heterocycles. The van der Waals surface area contributed by atoms with Crippen LogP contribution in [0.25, 0.3) is 44.3 Å². The predicted octanol–water partition coefficient (Wildman–Crippen LogP) is 8.64. The summed E-state index contributed by atoms with van der Waals surface area (Å²) in [5.41, 5.74) is 9.90. The number of nitrogens with zero attached hydrogens (tertiary/aromatic N) is 13. The van der Waals surface area contributed by atoms with Crippen LogP contribution in [-0.4, -0.2) is 139 Å². The number of hydrogen-bond donors (Lipinski definition) is 0. The van der Waals surface area contributed by atoms with Crippen molar-refractivity contribution in [3.63, 3.8) is 0 Å². The van der Waals surface area contributed by atoms with Gasteiger partial charge in [-0.2, -0.15) is 10.2 Å². The Morgan fingerprint density at radius 2 is 0.922 bits per heavy atom. The van der Waals surface area contributed by atoms with E-state index >= 15 is 0 Å². The molecular weight excluding hydrogens is 998 g/mol. The second kappa shape index (κ2) is 23.1. The molecule has 6 aliphatic heterocycles. The number of hydrogen-bond acceptors (Lipinski definition) is 17. The molecule has 6 aliphatic rings. The molecule has 19 nitrogen and oxygen atoms in total. The lowest BCUT2D eigenvalue weighted by Gasteiger charge is -2.32. The number of halogens is 1. The standard InChI is InChI=1S/C20H23N5O2.C20H22N4O2.C17H17ClN4O2/c1-24-16-4-8-22-20(27-15-5-11-26-12-6-15)18(16)19(23-24)14-3-7-21-17(13-14)25-9-2-10-25;1-8-24(9-1)17-12-14(2-6-21-17)19-18-15(13-23-19)3-7-22-20(18)26-16-4-10-25-11-5-16;1-22-13-3-7-20-17(24-12-4-8-23-9-5-12)15(13)16(21-22)11-2-6-19-14(18)10-11/h3-4,7-8,13,15H,2,5-6,9-12H2,1H3;2-3,6-7,12,16H,1,4-5,8-11,13H2;2-3,6-7,10,12H,4-5,8-9H2,1H3. The first kappa shape index (κ1) is 50.5. The van der Waals surface area contributed by atoms with Gasteiger partial charge in [0, 0.05) is 133 Å². The van der Waals surface area contributed by atoms with Crippen LogP contribution in [0.5, 0.6) is 17.6 Å². The molecule has 0 spiro atoms. The molecule has 398 valence electrons. The Balaban J connectivity index is 0.000000116. The lowest BCUT2D eigenvalue weighted by Crippen LogP contribution is -2.37. The van der Waals surface area contributed by atoms with Gasteiger partial charge in [-0.1, -0.05) is 11.6 Å². The Kier molecular flexibility index (Phi) is 15.2. The van der Waals surface area contributed by atoms with Crippen LogP contribution < -0.4 is 24.0 Å². The molecule has 0 amide bonds. The third kappa shape index (κ3) is 11.1. The van der Waals surface area contributed by atoms with Gasteiger partial charge in [0.2, 0.25) is 17.6 Å². The van der Waals surface area contributed by atoms with E-state index in [2.05, 4.69) is 56.9 Å². The quantitative estimate of drug-likeness (QED) is 0.112. The highest BCUT2D eigenvalue weighted by Crippen LogP contribution is 2.38. The lowest BCUT2D eigenvalue weighted by atomic mass is 10.0. The molecule has 0 bridgehead atoms. The second-order valence-corrected chi connectivity index (χ2v) is 20.3. The van der Waals surface area contributed by atoms with Gasteiger partial charge in [-0.15, -0.1) is 0 Å². The summed E-state index contributed by atoms with van der Waals surface area (Å²) in [6.45, 7) is 9.42. The number of fused-ring (bicyclic) bond motifs is 3. The highest BCUT2D eigenvalue weighted by Gasteiger charge is 2.28. The van der Waals surface area contributed by atoms with Crippen LogP contribution in [0.2, 0.25) is 5.15 Å². The molecule has 0 atom stereocenters. The molecule has 20 heteroatoms.